The van der Waals surface area contributed by atoms with Gasteiger partial charge in [-0.15, -0.1) is 0 Å². The molecule has 14 heavy (non-hydrogen) atoms. The van der Waals surface area contributed by atoms with Crippen molar-refractivity contribution in [3.8, 4) is 0 Å². The maximum absolute atomic E-state index is 11.1. The molecule has 1 unspecified atom stereocenters. The smallest absolute Gasteiger partial charge is 0.320 e. The second-order valence-electron chi connectivity index (χ2n) is 3.19. The van der Waals surface area contributed by atoms with Gasteiger partial charge in [-0.25, -0.2) is 0 Å². The van der Waals surface area contributed by atoms with Crippen LogP contribution in [-0.4, -0.2) is 48.3 Å². The van der Waals surface area contributed by atoms with Crippen LogP contribution in [0.3, 0.4) is 0 Å². The Hall–Kier alpha value is -0.610. The van der Waals surface area contributed by atoms with Crippen LogP contribution in [0.1, 0.15) is 27.2 Å². The molecule has 0 fully saturated rings. The van der Waals surface area contributed by atoms with Crippen LogP contribution < -0.4 is 0 Å². The number of nitrogens with zero attached hydrogens (tertiary/aromatic N) is 1. The predicted molar refractivity (Wildman–Crippen MR) is 55.0 cm³/mol. The van der Waals surface area contributed by atoms with Crippen LogP contribution in [0.4, 0.5) is 0 Å². The molecule has 0 aromatic carbocycles. The fourth-order valence-corrected chi connectivity index (χ4v) is 1.12. The minimum Gasteiger partial charge on any atom is -0.465 e. The lowest BCUT2D eigenvalue weighted by Gasteiger charge is -2.21. The van der Waals surface area contributed by atoms with E-state index in [9.17, 15) is 9.90 Å². The number of ether oxygens (including phenoxy) is 1. The van der Waals surface area contributed by atoms with E-state index in [2.05, 4.69) is 0 Å². The van der Waals surface area contributed by atoms with Crippen LogP contribution in [-0.2, 0) is 9.53 Å². The van der Waals surface area contributed by atoms with E-state index < -0.39 is 0 Å². The molecule has 0 aromatic heterocycles. The number of likely N-dealkylation sites (N-methyl/N-ethyl adjacent to an activating group) is 1. The molecule has 0 bridgehead atoms. The van der Waals surface area contributed by atoms with Gasteiger partial charge in [-0.1, -0.05) is 13.8 Å². The highest BCUT2D eigenvalue weighted by Gasteiger charge is 2.12. The van der Waals surface area contributed by atoms with Crippen LogP contribution >= 0.6 is 0 Å². The molecule has 4 nitrogen and oxygen atoms in total. The number of rotatable bonds is 7. The zero-order valence-corrected chi connectivity index (χ0v) is 9.32. The molecule has 0 rings (SSSR count). The van der Waals surface area contributed by atoms with Crippen molar-refractivity contribution >= 4 is 5.97 Å². The number of carbonyl (C=O) groups excluding carboxylic acids is 1. The molecule has 0 saturated carbocycles. The molecule has 1 N–H and O–H groups in total. The van der Waals surface area contributed by atoms with E-state index >= 15 is 0 Å². The van der Waals surface area contributed by atoms with E-state index in [1.807, 2.05) is 18.7 Å². The summed E-state index contributed by atoms with van der Waals surface area (Å²) < 4.78 is 4.83. The third-order valence-electron chi connectivity index (χ3n) is 2.05. The Labute approximate surface area is 85.9 Å². The first-order valence-corrected chi connectivity index (χ1v) is 5.20. The van der Waals surface area contributed by atoms with Crippen molar-refractivity contribution in [2.24, 2.45) is 0 Å². The van der Waals surface area contributed by atoms with E-state index in [1.54, 1.807) is 6.92 Å². The van der Waals surface area contributed by atoms with Gasteiger partial charge >= 0.3 is 5.97 Å². The van der Waals surface area contributed by atoms with Crippen LogP contribution in [0, 0.1) is 0 Å². The van der Waals surface area contributed by atoms with E-state index in [-0.39, 0.29) is 18.6 Å². The monoisotopic (exact) mass is 203 g/mol. The van der Waals surface area contributed by atoms with Crippen LogP contribution in [0.5, 0.6) is 0 Å². The number of aliphatic hydroxyl groups excluding tert-OH is 1. The van der Waals surface area contributed by atoms with Gasteiger partial charge < -0.3 is 9.84 Å². The lowest BCUT2D eigenvalue weighted by Crippen LogP contribution is -2.36. The van der Waals surface area contributed by atoms with Gasteiger partial charge in [0.25, 0.3) is 0 Å². The number of esters is 1. The normalized spacial score (nSPS) is 12.9. The van der Waals surface area contributed by atoms with E-state index in [0.29, 0.717) is 19.6 Å². The molecule has 0 aliphatic rings. The van der Waals surface area contributed by atoms with Crippen LogP contribution in [0.15, 0.2) is 0 Å². The summed E-state index contributed by atoms with van der Waals surface area (Å²) in [6, 6.07) is 0. The highest BCUT2D eigenvalue weighted by molar-refractivity contribution is 5.71. The third kappa shape index (κ3) is 5.94. The number of carbonyl (C=O) groups is 1. The molecular formula is C10H21NO3. The average Bonchev–Trinajstić information content (AvgIpc) is 2.16. The summed E-state index contributed by atoms with van der Waals surface area (Å²) in [6.07, 6.45) is 0.351. The van der Waals surface area contributed by atoms with Gasteiger partial charge in [0, 0.05) is 6.54 Å². The zero-order valence-electron chi connectivity index (χ0n) is 9.32. The van der Waals surface area contributed by atoms with Crippen molar-refractivity contribution in [2.75, 3.05) is 26.2 Å². The summed E-state index contributed by atoms with van der Waals surface area (Å²) in [7, 11) is 0. The van der Waals surface area contributed by atoms with Gasteiger partial charge in [-0.3, -0.25) is 9.69 Å². The molecule has 0 heterocycles. The minimum absolute atomic E-state index is 0.224. The van der Waals surface area contributed by atoms with Crippen molar-refractivity contribution in [3.05, 3.63) is 0 Å². The summed E-state index contributed by atoms with van der Waals surface area (Å²) in [6.45, 7) is 7.62. The van der Waals surface area contributed by atoms with Crippen molar-refractivity contribution in [2.45, 2.75) is 33.3 Å². The molecule has 4 heteroatoms. The zero-order chi connectivity index (χ0) is 11.0. The molecule has 0 aliphatic heterocycles. The van der Waals surface area contributed by atoms with Crippen LogP contribution in [0.2, 0.25) is 0 Å². The molecule has 0 radical (unpaired) electrons. The first-order chi connectivity index (χ1) is 6.63. The third-order valence-corrected chi connectivity index (χ3v) is 2.05. The standard InChI is InChI=1S/C10H21NO3/c1-4-9(12)7-11(5-2)8-10(13)14-6-3/h9,12H,4-8H2,1-3H3. The highest BCUT2D eigenvalue weighted by Crippen LogP contribution is 1.96. The second kappa shape index (κ2) is 7.76. The van der Waals surface area contributed by atoms with Gasteiger partial charge in [-0.05, 0) is 19.9 Å². The summed E-state index contributed by atoms with van der Waals surface area (Å²) in [5.41, 5.74) is 0. The van der Waals surface area contributed by atoms with E-state index in [0.717, 1.165) is 6.54 Å². The molecule has 84 valence electrons. The predicted octanol–water partition coefficient (Wildman–Crippen LogP) is 0.642. The van der Waals surface area contributed by atoms with Crippen molar-refractivity contribution in [1.82, 2.24) is 4.90 Å². The molecule has 0 aromatic rings. The Morgan fingerprint density at radius 1 is 1.43 bits per heavy atom. The molecule has 0 aliphatic carbocycles. The van der Waals surface area contributed by atoms with Crippen molar-refractivity contribution < 1.29 is 14.6 Å². The second-order valence-corrected chi connectivity index (χ2v) is 3.19. The number of hydrogen-bond acceptors (Lipinski definition) is 4. The summed E-state index contributed by atoms with van der Waals surface area (Å²) in [5.74, 6) is -0.224. The van der Waals surface area contributed by atoms with Crippen molar-refractivity contribution in [1.29, 1.82) is 0 Å². The maximum atomic E-state index is 11.1. The molecule has 0 amide bonds. The van der Waals surface area contributed by atoms with Gasteiger partial charge in [-0.2, -0.15) is 0 Å². The number of hydrogen-bond donors (Lipinski definition) is 1. The van der Waals surface area contributed by atoms with Crippen molar-refractivity contribution in [3.63, 3.8) is 0 Å². The fraction of sp³-hybridized carbons (Fsp3) is 0.900. The summed E-state index contributed by atoms with van der Waals surface area (Å²) in [4.78, 5) is 13.0. The average molecular weight is 203 g/mol. The van der Waals surface area contributed by atoms with Gasteiger partial charge in [0.05, 0.1) is 19.3 Å². The minimum atomic E-state index is -0.357. The SMILES string of the molecule is CCOC(=O)CN(CC)CC(O)CC. The van der Waals surface area contributed by atoms with E-state index in [1.165, 1.54) is 0 Å². The Balaban J connectivity index is 3.83. The Morgan fingerprint density at radius 2 is 2.07 bits per heavy atom. The highest BCUT2D eigenvalue weighted by atomic mass is 16.5. The fourth-order valence-electron chi connectivity index (χ4n) is 1.12. The first-order valence-electron chi connectivity index (χ1n) is 5.20. The summed E-state index contributed by atoms with van der Waals surface area (Å²) in [5, 5.41) is 9.41. The molecule has 1 atom stereocenters. The Kier molecular flexibility index (Phi) is 7.42. The number of aliphatic hydroxyl groups is 1. The van der Waals surface area contributed by atoms with E-state index in [4.69, 9.17) is 4.74 Å². The lowest BCUT2D eigenvalue weighted by molar-refractivity contribution is -0.144. The van der Waals surface area contributed by atoms with Gasteiger partial charge in [0.2, 0.25) is 0 Å². The van der Waals surface area contributed by atoms with Gasteiger partial charge in [0.15, 0.2) is 0 Å². The summed E-state index contributed by atoms with van der Waals surface area (Å²) >= 11 is 0. The Bertz CT molecular complexity index is 161. The van der Waals surface area contributed by atoms with Crippen LogP contribution in [0.25, 0.3) is 0 Å². The topological polar surface area (TPSA) is 49.8 Å². The molecule has 0 spiro atoms. The first kappa shape index (κ1) is 13.4. The maximum Gasteiger partial charge on any atom is 0.320 e. The quantitative estimate of drug-likeness (QED) is 0.617. The van der Waals surface area contributed by atoms with Gasteiger partial charge in [0.1, 0.15) is 0 Å². The molecule has 0 saturated heterocycles. The lowest BCUT2D eigenvalue weighted by atomic mass is 10.2. The largest absolute Gasteiger partial charge is 0.465 e. The Morgan fingerprint density at radius 3 is 2.50 bits per heavy atom. The molecular weight excluding hydrogens is 182 g/mol.